The van der Waals surface area contributed by atoms with Crippen LogP contribution in [0.4, 0.5) is 0 Å². The molecule has 13 heavy (non-hydrogen) atoms. The summed E-state index contributed by atoms with van der Waals surface area (Å²) in [4.78, 5) is 2.31. The lowest BCUT2D eigenvalue weighted by atomic mass is 10.1. The lowest BCUT2D eigenvalue weighted by molar-refractivity contribution is 0.303. The summed E-state index contributed by atoms with van der Waals surface area (Å²) >= 11 is 3.51. The zero-order valence-corrected chi connectivity index (χ0v) is 9.63. The Morgan fingerprint density at radius 1 is 1.23 bits per heavy atom. The fourth-order valence-electron chi connectivity index (χ4n) is 1.93. The number of fused-ring (bicyclic) bond motifs is 1. The maximum atomic E-state index is 3.51. The molecule has 0 aliphatic heterocycles. The highest BCUT2D eigenvalue weighted by Gasteiger charge is 2.22. The lowest BCUT2D eigenvalue weighted by Crippen LogP contribution is -2.27. The largest absolute Gasteiger partial charge is 0.306 e. The average Bonchev–Trinajstić information content (AvgIpc) is 2.46. The summed E-state index contributed by atoms with van der Waals surface area (Å²) in [7, 11) is 4.32. The number of halogens is 1. The summed E-state index contributed by atoms with van der Waals surface area (Å²) in [5, 5.41) is 0. The number of benzene rings is 1. The number of hydrogen-bond donors (Lipinski definition) is 0. The summed E-state index contributed by atoms with van der Waals surface area (Å²) < 4.78 is 1.20. The number of hydrogen-bond acceptors (Lipinski definition) is 1. The van der Waals surface area contributed by atoms with Crippen LogP contribution in [0.2, 0.25) is 0 Å². The van der Waals surface area contributed by atoms with E-state index < -0.39 is 0 Å². The molecule has 0 saturated heterocycles. The van der Waals surface area contributed by atoms with Crippen molar-refractivity contribution in [2.24, 2.45) is 0 Å². The summed E-state index contributed by atoms with van der Waals surface area (Å²) in [5.74, 6) is 0. The molecule has 1 aromatic carbocycles. The maximum absolute atomic E-state index is 3.51. The van der Waals surface area contributed by atoms with Gasteiger partial charge in [0.05, 0.1) is 0 Å². The quantitative estimate of drug-likeness (QED) is 0.728. The van der Waals surface area contributed by atoms with Gasteiger partial charge in [-0.1, -0.05) is 22.0 Å². The first kappa shape index (κ1) is 9.22. The SMILES string of the molecule is CN(C)C1Cc2ccc(Br)cc2C1. The van der Waals surface area contributed by atoms with Gasteiger partial charge in [0.2, 0.25) is 0 Å². The topological polar surface area (TPSA) is 3.24 Å². The number of likely N-dealkylation sites (N-methyl/N-ethyl adjacent to an activating group) is 1. The Kier molecular flexibility index (Phi) is 2.43. The molecular weight excluding hydrogens is 226 g/mol. The molecule has 0 aromatic heterocycles. The first-order chi connectivity index (χ1) is 6.16. The molecule has 0 amide bonds. The minimum absolute atomic E-state index is 0.698. The van der Waals surface area contributed by atoms with Crippen molar-refractivity contribution in [3.05, 3.63) is 33.8 Å². The standard InChI is InChI=1S/C11H14BrN/c1-13(2)11-6-8-3-4-10(12)5-9(8)7-11/h3-5,11H,6-7H2,1-2H3. The van der Waals surface area contributed by atoms with Gasteiger partial charge in [-0.15, -0.1) is 0 Å². The Balaban J connectivity index is 2.25. The third kappa shape index (κ3) is 1.79. The van der Waals surface area contributed by atoms with Gasteiger partial charge >= 0.3 is 0 Å². The predicted molar refractivity (Wildman–Crippen MR) is 59.0 cm³/mol. The molecule has 1 aliphatic rings. The van der Waals surface area contributed by atoms with E-state index in [4.69, 9.17) is 0 Å². The minimum Gasteiger partial charge on any atom is -0.306 e. The van der Waals surface area contributed by atoms with Crippen molar-refractivity contribution in [1.29, 1.82) is 0 Å². The fourth-order valence-corrected chi connectivity index (χ4v) is 2.34. The summed E-state index contributed by atoms with van der Waals surface area (Å²) in [6.45, 7) is 0. The molecule has 0 bridgehead atoms. The Labute approximate surface area is 87.9 Å². The molecule has 0 spiro atoms. The summed E-state index contributed by atoms with van der Waals surface area (Å²) in [5.41, 5.74) is 3.02. The normalized spacial score (nSPS) is 20.8. The lowest BCUT2D eigenvalue weighted by Gasteiger charge is -2.17. The second-order valence-corrected chi connectivity index (χ2v) is 4.85. The van der Waals surface area contributed by atoms with Gasteiger partial charge in [0.15, 0.2) is 0 Å². The zero-order chi connectivity index (χ0) is 9.42. The Bertz CT molecular complexity index is 320. The van der Waals surface area contributed by atoms with Crippen LogP contribution in [0.1, 0.15) is 11.1 Å². The van der Waals surface area contributed by atoms with E-state index >= 15 is 0 Å². The van der Waals surface area contributed by atoms with Gasteiger partial charge < -0.3 is 4.90 Å². The van der Waals surface area contributed by atoms with Crippen molar-refractivity contribution in [2.75, 3.05) is 14.1 Å². The molecule has 0 saturated carbocycles. The molecule has 0 heterocycles. The van der Waals surface area contributed by atoms with Gasteiger partial charge in [0, 0.05) is 10.5 Å². The van der Waals surface area contributed by atoms with E-state index in [2.05, 4.69) is 53.1 Å². The third-order valence-corrected chi connectivity index (χ3v) is 3.30. The van der Waals surface area contributed by atoms with Gasteiger partial charge in [-0.3, -0.25) is 0 Å². The molecule has 1 nitrogen and oxygen atoms in total. The second kappa shape index (κ2) is 3.43. The molecule has 0 N–H and O–H groups in total. The molecule has 70 valence electrons. The molecule has 0 radical (unpaired) electrons. The van der Waals surface area contributed by atoms with E-state index in [-0.39, 0.29) is 0 Å². The average molecular weight is 240 g/mol. The highest BCUT2D eigenvalue weighted by molar-refractivity contribution is 9.10. The highest BCUT2D eigenvalue weighted by Crippen LogP contribution is 2.27. The van der Waals surface area contributed by atoms with Crippen LogP contribution in [0.15, 0.2) is 22.7 Å². The van der Waals surface area contributed by atoms with Crippen molar-refractivity contribution in [1.82, 2.24) is 4.90 Å². The van der Waals surface area contributed by atoms with Crippen LogP contribution < -0.4 is 0 Å². The molecule has 2 rings (SSSR count). The second-order valence-electron chi connectivity index (χ2n) is 3.94. The van der Waals surface area contributed by atoms with Crippen LogP contribution in [0, 0.1) is 0 Å². The number of nitrogens with zero attached hydrogens (tertiary/aromatic N) is 1. The van der Waals surface area contributed by atoms with Crippen LogP contribution in [0.3, 0.4) is 0 Å². The Morgan fingerprint density at radius 2 is 1.92 bits per heavy atom. The minimum atomic E-state index is 0.698. The van der Waals surface area contributed by atoms with E-state index in [9.17, 15) is 0 Å². The summed E-state index contributed by atoms with van der Waals surface area (Å²) in [6, 6.07) is 7.32. The fraction of sp³-hybridized carbons (Fsp3) is 0.455. The van der Waals surface area contributed by atoms with Crippen LogP contribution >= 0.6 is 15.9 Å². The molecule has 2 heteroatoms. The first-order valence-electron chi connectivity index (χ1n) is 4.60. The van der Waals surface area contributed by atoms with Crippen LogP contribution in [-0.2, 0) is 12.8 Å². The third-order valence-electron chi connectivity index (χ3n) is 2.81. The van der Waals surface area contributed by atoms with Gasteiger partial charge in [-0.05, 0) is 50.2 Å². The van der Waals surface area contributed by atoms with E-state index in [0.29, 0.717) is 6.04 Å². The Morgan fingerprint density at radius 3 is 2.62 bits per heavy atom. The van der Waals surface area contributed by atoms with Gasteiger partial charge in [0.1, 0.15) is 0 Å². The molecule has 1 atom stereocenters. The van der Waals surface area contributed by atoms with E-state index in [0.717, 1.165) is 0 Å². The van der Waals surface area contributed by atoms with E-state index in [1.807, 2.05) is 0 Å². The molecule has 1 unspecified atom stereocenters. The smallest absolute Gasteiger partial charge is 0.0178 e. The monoisotopic (exact) mass is 239 g/mol. The summed E-state index contributed by atoms with van der Waals surface area (Å²) in [6.07, 6.45) is 2.40. The van der Waals surface area contributed by atoms with E-state index in [1.165, 1.54) is 28.4 Å². The van der Waals surface area contributed by atoms with E-state index in [1.54, 1.807) is 0 Å². The molecular formula is C11H14BrN. The van der Waals surface area contributed by atoms with Crippen LogP contribution in [0.25, 0.3) is 0 Å². The Hall–Kier alpha value is -0.340. The number of rotatable bonds is 1. The first-order valence-corrected chi connectivity index (χ1v) is 5.40. The van der Waals surface area contributed by atoms with Gasteiger partial charge in [0.25, 0.3) is 0 Å². The predicted octanol–water partition coefficient (Wildman–Crippen LogP) is 2.48. The van der Waals surface area contributed by atoms with Crippen molar-refractivity contribution in [3.63, 3.8) is 0 Å². The van der Waals surface area contributed by atoms with Crippen LogP contribution in [0.5, 0.6) is 0 Å². The van der Waals surface area contributed by atoms with Crippen molar-refractivity contribution >= 4 is 15.9 Å². The molecule has 1 aliphatic carbocycles. The van der Waals surface area contributed by atoms with Crippen molar-refractivity contribution in [3.8, 4) is 0 Å². The van der Waals surface area contributed by atoms with Crippen molar-refractivity contribution < 1.29 is 0 Å². The molecule has 0 fully saturated rings. The zero-order valence-electron chi connectivity index (χ0n) is 8.05. The van der Waals surface area contributed by atoms with Crippen molar-refractivity contribution in [2.45, 2.75) is 18.9 Å². The highest BCUT2D eigenvalue weighted by atomic mass is 79.9. The molecule has 1 aromatic rings. The van der Waals surface area contributed by atoms with Gasteiger partial charge in [-0.25, -0.2) is 0 Å². The van der Waals surface area contributed by atoms with Gasteiger partial charge in [-0.2, -0.15) is 0 Å². The van der Waals surface area contributed by atoms with Crippen LogP contribution in [-0.4, -0.2) is 25.0 Å². The maximum Gasteiger partial charge on any atom is 0.0178 e.